The molecule has 0 fully saturated rings. The van der Waals surface area contributed by atoms with Crippen LogP contribution >= 0.6 is 15.9 Å². The second kappa shape index (κ2) is 9.84. The first-order valence-electron chi connectivity index (χ1n) is 8.66. The van der Waals surface area contributed by atoms with Gasteiger partial charge in [-0.3, -0.25) is 9.52 Å². The average Bonchev–Trinajstić information content (AvgIpc) is 2.65. The van der Waals surface area contributed by atoms with E-state index in [-0.39, 0.29) is 5.69 Å². The summed E-state index contributed by atoms with van der Waals surface area (Å²) in [4.78, 5) is 12.7. The van der Waals surface area contributed by atoms with Gasteiger partial charge in [0.2, 0.25) is 10.0 Å². The molecule has 0 bridgehead atoms. The van der Waals surface area contributed by atoms with Gasteiger partial charge >= 0.3 is 0 Å². The topological polar surface area (TPSA) is 103 Å². The van der Waals surface area contributed by atoms with Crippen LogP contribution in [0.2, 0.25) is 0 Å². The monoisotopic (exact) mass is 486 g/mol. The van der Waals surface area contributed by atoms with Crippen LogP contribution in [-0.4, -0.2) is 41.4 Å². The maximum absolute atomic E-state index is 12.7. The molecule has 2 aromatic rings. The molecule has 2 rings (SSSR count). The molecule has 0 radical (unpaired) electrons. The van der Waals surface area contributed by atoms with Gasteiger partial charge in [0.25, 0.3) is 5.91 Å². The number of hydrogen-bond donors (Lipinski definition) is 2. The van der Waals surface area contributed by atoms with E-state index in [0.717, 1.165) is 12.7 Å². The van der Waals surface area contributed by atoms with Crippen molar-refractivity contribution in [2.45, 2.75) is 13.3 Å². The Kier molecular flexibility index (Phi) is 7.74. The second-order valence-electron chi connectivity index (χ2n) is 6.08. The SMILES string of the molecule is CCCOc1c(Br)cc(C(=O)Nc2ccc(OC)c(NS(C)(=O)=O)c2)cc1OC. The molecule has 2 aromatic carbocycles. The fraction of sp³-hybridized carbons (Fsp3) is 0.316. The highest BCUT2D eigenvalue weighted by atomic mass is 79.9. The van der Waals surface area contributed by atoms with E-state index in [0.29, 0.717) is 39.6 Å². The molecule has 0 saturated carbocycles. The quantitative estimate of drug-likeness (QED) is 0.557. The molecule has 29 heavy (non-hydrogen) atoms. The lowest BCUT2D eigenvalue weighted by atomic mass is 10.1. The first-order chi connectivity index (χ1) is 13.7. The van der Waals surface area contributed by atoms with Crippen molar-refractivity contribution in [3.8, 4) is 17.2 Å². The van der Waals surface area contributed by atoms with Crippen LogP contribution in [0.4, 0.5) is 11.4 Å². The van der Waals surface area contributed by atoms with Gasteiger partial charge in [-0.15, -0.1) is 0 Å². The Hall–Kier alpha value is -2.46. The van der Waals surface area contributed by atoms with Gasteiger partial charge in [-0.25, -0.2) is 8.42 Å². The fourth-order valence-electron chi connectivity index (χ4n) is 2.46. The summed E-state index contributed by atoms with van der Waals surface area (Å²) < 4.78 is 42.2. The minimum absolute atomic E-state index is 0.217. The van der Waals surface area contributed by atoms with Crippen molar-refractivity contribution >= 4 is 43.2 Å². The van der Waals surface area contributed by atoms with Gasteiger partial charge < -0.3 is 19.5 Å². The number of amides is 1. The number of benzene rings is 2. The minimum atomic E-state index is -3.51. The number of hydrogen-bond acceptors (Lipinski definition) is 6. The molecule has 0 heterocycles. The van der Waals surface area contributed by atoms with Crippen molar-refractivity contribution < 1.29 is 27.4 Å². The Balaban J connectivity index is 2.30. The fourth-order valence-corrected chi connectivity index (χ4v) is 3.58. The van der Waals surface area contributed by atoms with E-state index in [1.807, 2.05) is 6.92 Å². The second-order valence-corrected chi connectivity index (χ2v) is 8.68. The average molecular weight is 487 g/mol. The number of nitrogens with one attached hydrogen (secondary N) is 2. The summed E-state index contributed by atoms with van der Waals surface area (Å²) in [7, 11) is -0.595. The summed E-state index contributed by atoms with van der Waals surface area (Å²) in [6.45, 7) is 2.51. The van der Waals surface area contributed by atoms with Crippen molar-refractivity contribution in [1.29, 1.82) is 0 Å². The van der Waals surface area contributed by atoms with E-state index in [1.165, 1.54) is 20.3 Å². The van der Waals surface area contributed by atoms with Crippen LogP contribution in [0.5, 0.6) is 17.2 Å². The summed E-state index contributed by atoms with van der Waals surface area (Å²) in [6, 6.07) is 7.84. The Bertz CT molecular complexity index is 994. The lowest BCUT2D eigenvalue weighted by Gasteiger charge is -2.15. The van der Waals surface area contributed by atoms with E-state index in [9.17, 15) is 13.2 Å². The molecule has 0 spiro atoms. The number of rotatable bonds is 9. The van der Waals surface area contributed by atoms with E-state index in [1.54, 1.807) is 24.3 Å². The largest absolute Gasteiger partial charge is 0.495 e. The number of carbonyl (C=O) groups excluding carboxylic acids is 1. The molecule has 0 atom stereocenters. The van der Waals surface area contributed by atoms with Crippen LogP contribution in [0.1, 0.15) is 23.7 Å². The molecule has 1 amide bonds. The van der Waals surface area contributed by atoms with Crippen molar-refractivity contribution in [3.63, 3.8) is 0 Å². The highest BCUT2D eigenvalue weighted by Gasteiger charge is 2.17. The molecule has 0 unspecified atom stereocenters. The first kappa shape index (κ1) is 22.8. The molecule has 2 N–H and O–H groups in total. The molecule has 0 aliphatic rings. The maximum atomic E-state index is 12.7. The van der Waals surface area contributed by atoms with Crippen LogP contribution in [0.3, 0.4) is 0 Å². The summed E-state index contributed by atoms with van der Waals surface area (Å²) in [6.07, 6.45) is 1.86. The number of sulfonamides is 1. The standard InChI is InChI=1S/C19H23BrN2O6S/c1-5-8-28-18-14(20)9-12(10-17(18)27-3)19(23)21-13-6-7-16(26-2)15(11-13)22-29(4,24)25/h6-7,9-11,22H,5,8H2,1-4H3,(H,21,23). The van der Waals surface area contributed by atoms with Crippen molar-refractivity contribution in [2.75, 3.05) is 37.1 Å². The third-order valence-corrected chi connectivity index (χ3v) is 4.87. The van der Waals surface area contributed by atoms with Gasteiger partial charge in [0.05, 0.1) is 37.2 Å². The van der Waals surface area contributed by atoms with Crippen LogP contribution in [0.15, 0.2) is 34.8 Å². The van der Waals surface area contributed by atoms with Crippen LogP contribution < -0.4 is 24.2 Å². The molecule has 0 aromatic heterocycles. The Morgan fingerprint density at radius 3 is 2.38 bits per heavy atom. The van der Waals surface area contributed by atoms with Gasteiger partial charge in [0.1, 0.15) is 5.75 Å². The highest BCUT2D eigenvalue weighted by molar-refractivity contribution is 9.10. The zero-order chi connectivity index (χ0) is 21.6. The van der Waals surface area contributed by atoms with Crippen LogP contribution in [-0.2, 0) is 10.0 Å². The molecule has 0 aliphatic heterocycles. The van der Waals surface area contributed by atoms with Crippen molar-refractivity contribution in [2.24, 2.45) is 0 Å². The number of anilines is 2. The maximum Gasteiger partial charge on any atom is 0.255 e. The van der Waals surface area contributed by atoms with Crippen LogP contribution in [0.25, 0.3) is 0 Å². The van der Waals surface area contributed by atoms with Crippen molar-refractivity contribution in [1.82, 2.24) is 0 Å². The predicted octanol–water partition coefficient (Wildman–Crippen LogP) is 3.88. The van der Waals surface area contributed by atoms with Gasteiger partial charge in [-0.05, 0) is 52.7 Å². The van der Waals surface area contributed by atoms with Gasteiger partial charge in [0, 0.05) is 11.3 Å². The number of halogens is 1. The molecule has 8 nitrogen and oxygen atoms in total. The zero-order valence-corrected chi connectivity index (χ0v) is 18.9. The third kappa shape index (κ3) is 6.26. The number of ether oxygens (including phenoxy) is 3. The molecule has 0 aliphatic carbocycles. The highest BCUT2D eigenvalue weighted by Crippen LogP contribution is 2.37. The smallest absolute Gasteiger partial charge is 0.255 e. The zero-order valence-electron chi connectivity index (χ0n) is 16.5. The Morgan fingerprint density at radius 2 is 1.79 bits per heavy atom. The van der Waals surface area contributed by atoms with E-state index in [2.05, 4.69) is 26.0 Å². The predicted molar refractivity (Wildman–Crippen MR) is 116 cm³/mol. The summed E-state index contributed by atoms with van der Waals surface area (Å²) >= 11 is 3.41. The molecule has 0 saturated heterocycles. The lowest BCUT2D eigenvalue weighted by Crippen LogP contribution is -2.14. The molecule has 10 heteroatoms. The Morgan fingerprint density at radius 1 is 1.10 bits per heavy atom. The van der Waals surface area contributed by atoms with E-state index >= 15 is 0 Å². The summed E-state index contributed by atoms with van der Waals surface area (Å²) in [5, 5.41) is 2.73. The first-order valence-corrected chi connectivity index (χ1v) is 11.3. The minimum Gasteiger partial charge on any atom is -0.495 e. The molecule has 158 valence electrons. The third-order valence-electron chi connectivity index (χ3n) is 3.69. The van der Waals surface area contributed by atoms with E-state index < -0.39 is 15.9 Å². The molecular weight excluding hydrogens is 464 g/mol. The Labute approximate surface area is 178 Å². The van der Waals surface area contributed by atoms with Crippen molar-refractivity contribution in [3.05, 3.63) is 40.4 Å². The lowest BCUT2D eigenvalue weighted by molar-refractivity contribution is 0.102. The summed E-state index contributed by atoms with van der Waals surface area (Å²) in [5.41, 5.74) is 0.948. The number of methoxy groups -OCH3 is 2. The van der Waals surface area contributed by atoms with Gasteiger partial charge in [-0.1, -0.05) is 6.92 Å². The molecular formula is C19H23BrN2O6S. The van der Waals surface area contributed by atoms with Gasteiger partial charge in [0.15, 0.2) is 11.5 Å². The van der Waals surface area contributed by atoms with Gasteiger partial charge in [-0.2, -0.15) is 0 Å². The summed E-state index contributed by atoms with van der Waals surface area (Å²) in [5.74, 6) is 0.874. The number of carbonyl (C=O) groups is 1. The van der Waals surface area contributed by atoms with E-state index in [4.69, 9.17) is 14.2 Å². The normalized spacial score (nSPS) is 10.9. The van der Waals surface area contributed by atoms with Crippen LogP contribution in [0, 0.1) is 0 Å².